The lowest BCUT2D eigenvalue weighted by atomic mass is 10.00. The maximum atomic E-state index is 11.2. The molecule has 0 amide bonds. The number of hydrogen-bond donors (Lipinski definition) is 0. The van der Waals surface area contributed by atoms with Crippen molar-refractivity contribution < 1.29 is 14.3 Å². The lowest BCUT2D eigenvalue weighted by Crippen LogP contribution is -2.34. The molecular weight excluding hydrogens is 252 g/mol. The van der Waals surface area contributed by atoms with Crippen molar-refractivity contribution in [3.05, 3.63) is 48.0 Å². The summed E-state index contributed by atoms with van der Waals surface area (Å²) >= 11 is 0. The van der Waals surface area contributed by atoms with Crippen molar-refractivity contribution >= 4 is 5.97 Å². The van der Waals surface area contributed by atoms with E-state index in [-0.39, 0.29) is 24.3 Å². The SMILES string of the molecule is O=C1C[C@@H]2O[C@@H](/C=C/CCc3ccccc3)CC[C@@H]2O1. The topological polar surface area (TPSA) is 35.5 Å². The third-order valence-corrected chi connectivity index (χ3v) is 3.94. The van der Waals surface area contributed by atoms with Crippen LogP contribution >= 0.6 is 0 Å². The number of benzene rings is 1. The van der Waals surface area contributed by atoms with Crippen molar-refractivity contribution in [2.75, 3.05) is 0 Å². The van der Waals surface area contributed by atoms with E-state index in [2.05, 4.69) is 36.4 Å². The first-order valence-electron chi connectivity index (χ1n) is 7.37. The van der Waals surface area contributed by atoms with Crippen LogP contribution in [0, 0.1) is 0 Å². The van der Waals surface area contributed by atoms with Gasteiger partial charge in [-0.25, -0.2) is 0 Å². The molecule has 0 unspecified atom stereocenters. The minimum Gasteiger partial charge on any atom is -0.459 e. The first-order valence-corrected chi connectivity index (χ1v) is 7.37. The molecule has 2 saturated heterocycles. The number of hydrogen-bond acceptors (Lipinski definition) is 3. The van der Waals surface area contributed by atoms with E-state index in [0.717, 1.165) is 25.7 Å². The number of fused-ring (bicyclic) bond motifs is 1. The number of allylic oxidation sites excluding steroid dienone is 1. The zero-order chi connectivity index (χ0) is 13.8. The third-order valence-electron chi connectivity index (χ3n) is 3.94. The van der Waals surface area contributed by atoms with Gasteiger partial charge in [-0.3, -0.25) is 4.79 Å². The van der Waals surface area contributed by atoms with Gasteiger partial charge in [0.1, 0.15) is 12.2 Å². The van der Waals surface area contributed by atoms with Crippen molar-refractivity contribution in [1.82, 2.24) is 0 Å². The fraction of sp³-hybridized carbons (Fsp3) is 0.471. The van der Waals surface area contributed by atoms with Crippen LogP contribution in [0.2, 0.25) is 0 Å². The minimum absolute atomic E-state index is 0.00327. The Morgan fingerprint density at radius 1 is 1.15 bits per heavy atom. The molecule has 2 heterocycles. The summed E-state index contributed by atoms with van der Waals surface area (Å²) in [5, 5.41) is 0. The molecule has 2 fully saturated rings. The number of ether oxygens (including phenoxy) is 2. The molecule has 0 saturated carbocycles. The molecule has 3 atom stereocenters. The number of rotatable bonds is 4. The summed E-state index contributed by atoms with van der Waals surface area (Å²) in [7, 11) is 0. The average molecular weight is 272 g/mol. The second kappa shape index (κ2) is 6.23. The number of carbonyl (C=O) groups excluding carboxylic acids is 1. The molecule has 3 rings (SSSR count). The second-order valence-electron chi connectivity index (χ2n) is 5.48. The lowest BCUT2D eigenvalue weighted by Gasteiger charge is -2.28. The predicted molar refractivity (Wildman–Crippen MR) is 76.3 cm³/mol. The first kappa shape index (κ1) is 13.4. The highest BCUT2D eigenvalue weighted by Gasteiger charge is 2.39. The highest BCUT2D eigenvalue weighted by molar-refractivity contribution is 5.72. The summed E-state index contributed by atoms with van der Waals surface area (Å²) < 4.78 is 11.1. The molecule has 0 aromatic heterocycles. The molecule has 0 aliphatic carbocycles. The average Bonchev–Trinajstić information content (AvgIpc) is 2.84. The van der Waals surface area contributed by atoms with E-state index in [4.69, 9.17) is 9.47 Å². The van der Waals surface area contributed by atoms with Gasteiger partial charge in [0.15, 0.2) is 0 Å². The van der Waals surface area contributed by atoms with Crippen LogP contribution in [-0.2, 0) is 20.7 Å². The van der Waals surface area contributed by atoms with Gasteiger partial charge in [-0.05, 0) is 31.2 Å². The zero-order valence-electron chi connectivity index (χ0n) is 11.5. The van der Waals surface area contributed by atoms with Crippen LogP contribution in [0.25, 0.3) is 0 Å². The van der Waals surface area contributed by atoms with Crippen molar-refractivity contribution in [2.45, 2.75) is 50.4 Å². The van der Waals surface area contributed by atoms with Gasteiger partial charge in [-0.1, -0.05) is 42.5 Å². The first-order chi connectivity index (χ1) is 9.81. The summed E-state index contributed by atoms with van der Waals surface area (Å²) in [4.78, 5) is 11.2. The monoisotopic (exact) mass is 272 g/mol. The normalized spacial score (nSPS) is 29.4. The predicted octanol–water partition coefficient (Wildman–Crippen LogP) is 3.04. The van der Waals surface area contributed by atoms with Crippen LogP contribution in [0.5, 0.6) is 0 Å². The van der Waals surface area contributed by atoms with E-state index in [9.17, 15) is 4.79 Å². The molecule has 3 heteroatoms. The second-order valence-corrected chi connectivity index (χ2v) is 5.48. The lowest BCUT2D eigenvalue weighted by molar-refractivity contribution is -0.144. The van der Waals surface area contributed by atoms with E-state index >= 15 is 0 Å². The molecule has 20 heavy (non-hydrogen) atoms. The zero-order valence-corrected chi connectivity index (χ0v) is 11.5. The maximum absolute atomic E-state index is 11.2. The number of esters is 1. The Balaban J connectivity index is 1.44. The maximum Gasteiger partial charge on any atom is 0.308 e. The van der Waals surface area contributed by atoms with Crippen LogP contribution in [0.15, 0.2) is 42.5 Å². The Morgan fingerprint density at radius 3 is 2.85 bits per heavy atom. The van der Waals surface area contributed by atoms with Crippen molar-refractivity contribution in [1.29, 1.82) is 0 Å². The highest BCUT2D eigenvalue weighted by Crippen LogP contribution is 2.30. The molecule has 0 radical (unpaired) electrons. The van der Waals surface area contributed by atoms with Gasteiger partial charge in [0, 0.05) is 0 Å². The van der Waals surface area contributed by atoms with Crippen LogP contribution in [-0.4, -0.2) is 24.3 Å². The van der Waals surface area contributed by atoms with Gasteiger partial charge in [0.2, 0.25) is 0 Å². The number of aryl methyl sites for hydroxylation is 1. The third kappa shape index (κ3) is 3.28. The van der Waals surface area contributed by atoms with Gasteiger partial charge in [0.05, 0.1) is 12.5 Å². The summed E-state index contributed by atoms with van der Waals surface area (Å²) in [6.07, 6.45) is 8.79. The molecule has 3 nitrogen and oxygen atoms in total. The standard InChI is InChI=1S/C17H20O3/c18-17-12-16-15(20-17)11-10-14(19-16)9-5-4-8-13-6-2-1-3-7-13/h1-3,5-7,9,14-16H,4,8,10-12H2/b9-5+/t14-,15-,16-/m0/s1. The molecule has 2 aliphatic rings. The molecule has 0 bridgehead atoms. The van der Waals surface area contributed by atoms with E-state index in [1.54, 1.807) is 0 Å². The van der Waals surface area contributed by atoms with Crippen molar-refractivity contribution in [3.63, 3.8) is 0 Å². The van der Waals surface area contributed by atoms with Crippen molar-refractivity contribution in [3.8, 4) is 0 Å². The molecule has 1 aromatic rings. The summed E-state index contributed by atoms with van der Waals surface area (Å²) in [5.41, 5.74) is 1.36. The van der Waals surface area contributed by atoms with Crippen molar-refractivity contribution in [2.24, 2.45) is 0 Å². The Hall–Kier alpha value is -1.61. The Morgan fingerprint density at radius 2 is 2.00 bits per heavy atom. The van der Waals surface area contributed by atoms with Crippen LogP contribution in [0.1, 0.15) is 31.2 Å². The smallest absolute Gasteiger partial charge is 0.308 e. The number of carbonyl (C=O) groups is 1. The quantitative estimate of drug-likeness (QED) is 0.624. The molecule has 0 spiro atoms. The molecular formula is C17H20O3. The van der Waals surface area contributed by atoms with Gasteiger partial charge in [0.25, 0.3) is 0 Å². The minimum atomic E-state index is -0.117. The van der Waals surface area contributed by atoms with E-state index < -0.39 is 0 Å². The van der Waals surface area contributed by atoms with Gasteiger partial charge < -0.3 is 9.47 Å². The van der Waals surface area contributed by atoms with Gasteiger partial charge in [-0.2, -0.15) is 0 Å². The van der Waals surface area contributed by atoms with Crippen LogP contribution < -0.4 is 0 Å². The largest absolute Gasteiger partial charge is 0.459 e. The Kier molecular flexibility index (Phi) is 4.16. The fourth-order valence-corrected chi connectivity index (χ4v) is 2.87. The van der Waals surface area contributed by atoms with E-state index in [0.29, 0.717) is 6.42 Å². The summed E-state index contributed by atoms with van der Waals surface area (Å²) in [6, 6.07) is 10.5. The highest BCUT2D eigenvalue weighted by atomic mass is 16.6. The summed E-state index contributed by atoms with van der Waals surface area (Å²) in [6.45, 7) is 0. The Labute approximate surface area is 119 Å². The van der Waals surface area contributed by atoms with E-state index in [1.807, 2.05) is 6.07 Å². The van der Waals surface area contributed by atoms with Crippen LogP contribution in [0.4, 0.5) is 0 Å². The van der Waals surface area contributed by atoms with Gasteiger partial charge >= 0.3 is 5.97 Å². The molecule has 2 aliphatic heterocycles. The van der Waals surface area contributed by atoms with Crippen LogP contribution in [0.3, 0.4) is 0 Å². The van der Waals surface area contributed by atoms with Gasteiger partial charge in [-0.15, -0.1) is 0 Å². The summed E-state index contributed by atoms with van der Waals surface area (Å²) in [5.74, 6) is -0.117. The van der Waals surface area contributed by atoms with E-state index in [1.165, 1.54) is 5.56 Å². The molecule has 1 aromatic carbocycles. The molecule has 0 N–H and O–H groups in total. The Bertz CT molecular complexity index is 480. The molecule has 106 valence electrons. The fourth-order valence-electron chi connectivity index (χ4n) is 2.87.